The van der Waals surface area contributed by atoms with E-state index in [9.17, 15) is 9.59 Å². The molecule has 28 heavy (non-hydrogen) atoms. The first-order valence-electron chi connectivity index (χ1n) is 8.81. The van der Waals surface area contributed by atoms with Crippen LogP contribution in [0.4, 0.5) is 0 Å². The van der Waals surface area contributed by atoms with E-state index < -0.39 is 12.0 Å². The monoisotopic (exact) mass is 395 g/mol. The highest BCUT2D eigenvalue weighted by Crippen LogP contribution is 2.26. The van der Waals surface area contributed by atoms with Gasteiger partial charge in [0, 0.05) is 16.3 Å². The second kappa shape index (κ2) is 9.19. The van der Waals surface area contributed by atoms with Crippen LogP contribution in [-0.4, -0.2) is 25.0 Å². The summed E-state index contributed by atoms with van der Waals surface area (Å²) in [5, 5.41) is 5.69. The van der Waals surface area contributed by atoms with E-state index in [4.69, 9.17) is 9.47 Å². The summed E-state index contributed by atoms with van der Waals surface area (Å²) in [6.07, 6.45) is 3.06. The van der Waals surface area contributed by atoms with Gasteiger partial charge in [0.05, 0.1) is 7.11 Å². The predicted octanol–water partition coefficient (Wildman–Crippen LogP) is 4.17. The average Bonchev–Trinajstić information content (AvgIpc) is 3.14. The first-order chi connectivity index (χ1) is 13.6. The molecule has 2 aromatic carbocycles. The Kier molecular flexibility index (Phi) is 6.45. The standard InChI is InChI=1S/C22H21NO4S/c1-15(23-21(24)12-9-16-7-10-18(26-2)11-8-16)22(25)27-13-17-14-28-20-6-4-3-5-19(17)20/h3-12,14-15H,13H2,1-2H3,(H,23,24)/b12-9+/t15-/m0/s1. The normalized spacial score (nSPS) is 12.1. The number of benzene rings is 2. The minimum atomic E-state index is -0.738. The van der Waals surface area contributed by atoms with Crippen LogP contribution < -0.4 is 10.1 Å². The fourth-order valence-electron chi connectivity index (χ4n) is 2.63. The number of ether oxygens (including phenoxy) is 2. The topological polar surface area (TPSA) is 64.6 Å². The number of fused-ring (bicyclic) bond motifs is 1. The molecule has 1 amide bonds. The third kappa shape index (κ3) is 4.98. The van der Waals surface area contributed by atoms with E-state index in [-0.39, 0.29) is 12.5 Å². The Hall–Kier alpha value is -3.12. The number of thiophene rings is 1. The van der Waals surface area contributed by atoms with Gasteiger partial charge in [0.2, 0.25) is 5.91 Å². The summed E-state index contributed by atoms with van der Waals surface area (Å²) in [6, 6.07) is 14.5. The van der Waals surface area contributed by atoms with Gasteiger partial charge in [-0.2, -0.15) is 0 Å². The Balaban J connectivity index is 1.50. The number of hydrogen-bond acceptors (Lipinski definition) is 5. The lowest BCUT2D eigenvalue weighted by Gasteiger charge is -2.12. The van der Waals surface area contributed by atoms with Gasteiger partial charge in [-0.05, 0) is 47.5 Å². The van der Waals surface area contributed by atoms with Gasteiger partial charge in [-0.1, -0.05) is 30.3 Å². The van der Waals surface area contributed by atoms with E-state index in [0.717, 1.165) is 27.0 Å². The Morgan fingerprint density at radius 1 is 1.14 bits per heavy atom. The molecule has 1 atom stereocenters. The summed E-state index contributed by atoms with van der Waals surface area (Å²) in [5.41, 5.74) is 1.82. The Labute approximate surface area is 167 Å². The van der Waals surface area contributed by atoms with Crippen molar-refractivity contribution >= 4 is 39.4 Å². The molecule has 0 fully saturated rings. The Bertz CT molecular complexity index is 991. The van der Waals surface area contributed by atoms with Crippen LogP contribution in [0.2, 0.25) is 0 Å². The van der Waals surface area contributed by atoms with Crippen LogP contribution >= 0.6 is 11.3 Å². The predicted molar refractivity (Wildman–Crippen MR) is 111 cm³/mol. The number of rotatable bonds is 7. The zero-order valence-electron chi connectivity index (χ0n) is 15.7. The lowest BCUT2D eigenvalue weighted by atomic mass is 10.2. The molecule has 0 bridgehead atoms. The molecule has 0 radical (unpaired) electrons. The molecule has 6 heteroatoms. The van der Waals surface area contributed by atoms with Crippen molar-refractivity contribution in [3.63, 3.8) is 0 Å². The summed E-state index contributed by atoms with van der Waals surface area (Å²) in [6.45, 7) is 1.79. The highest BCUT2D eigenvalue weighted by Gasteiger charge is 2.16. The molecule has 3 rings (SSSR count). The van der Waals surface area contributed by atoms with Crippen LogP contribution in [0.1, 0.15) is 18.1 Å². The maximum atomic E-state index is 12.2. The third-order valence-electron chi connectivity index (χ3n) is 4.19. The SMILES string of the molecule is COc1ccc(/C=C/C(=O)N[C@@H](C)C(=O)OCc2csc3ccccc23)cc1. The number of hydrogen-bond donors (Lipinski definition) is 1. The molecular weight excluding hydrogens is 374 g/mol. The fourth-order valence-corrected chi connectivity index (χ4v) is 3.57. The van der Waals surface area contributed by atoms with E-state index in [1.54, 1.807) is 31.4 Å². The van der Waals surface area contributed by atoms with Gasteiger partial charge in [-0.15, -0.1) is 11.3 Å². The van der Waals surface area contributed by atoms with Gasteiger partial charge in [0.15, 0.2) is 0 Å². The lowest BCUT2D eigenvalue weighted by molar-refractivity contribution is -0.148. The molecule has 0 aliphatic carbocycles. The molecule has 0 spiro atoms. The quantitative estimate of drug-likeness (QED) is 0.482. The van der Waals surface area contributed by atoms with Crippen LogP contribution in [0.25, 0.3) is 16.2 Å². The zero-order chi connectivity index (χ0) is 19.9. The second-order valence-corrected chi connectivity index (χ2v) is 7.11. The lowest BCUT2D eigenvalue weighted by Crippen LogP contribution is -2.38. The molecule has 5 nitrogen and oxygen atoms in total. The van der Waals surface area contributed by atoms with E-state index in [0.29, 0.717) is 0 Å². The fraction of sp³-hybridized carbons (Fsp3) is 0.182. The smallest absolute Gasteiger partial charge is 0.328 e. The molecule has 1 N–H and O–H groups in total. The van der Waals surface area contributed by atoms with Gasteiger partial charge >= 0.3 is 5.97 Å². The summed E-state index contributed by atoms with van der Waals surface area (Å²) >= 11 is 1.61. The molecule has 0 aliphatic heterocycles. The highest BCUT2D eigenvalue weighted by molar-refractivity contribution is 7.17. The van der Waals surface area contributed by atoms with Crippen molar-refractivity contribution in [3.05, 3.63) is 71.1 Å². The van der Waals surface area contributed by atoms with Crippen molar-refractivity contribution in [2.24, 2.45) is 0 Å². The number of amides is 1. The molecule has 1 heterocycles. The molecule has 0 aliphatic rings. The molecule has 1 aromatic heterocycles. The number of carbonyl (C=O) groups is 2. The van der Waals surface area contributed by atoms with Crippen molar-refractivity contribution in [1.29, 1.82) is 0 Å². The first kappa shape index (κ1) is 19.6. The maximum Gasteiger partial charge on any atom is 0.328 e. The van der Waals surface area contributed by atoms with E-state index >= 15 is 0 Å². The van der Waals surface area contributed by atoms with Gasteiger partial charge < -0.3 is 14.8 Å². The number of carbonyl (C=O) groups excluding carboxylic acids is 2. The van der Waals surface area contributed by atoms with Crippen molar-refractivity contribution in [3.8, 4) is 5.75 Å². The van der Waals surface area contributed by atoms with Gasteiger partial charge in [0.25, 0.3) is 0 Å². The second-order valence-electron chi connectivity index (χ2n) is 6.20. The molecular formula is C22H21NO4S. The van der Waals surface area contributed by atoms with E-state index in [1.165, 1.54) is 6.08 Å². The Morgan fingerprint density at radius 2 is 1.89 bits per heavy atom. The number of nitrogens with one attached hydrogen (secondary N) is 1. The van der Waals surface area contributed by atoms with Crippen LogP contribution in [0.3, 0.4) is 0 Å². The average molecular weight is 395 g/mol. The van der Waals surface area contributed by atoms with Crippen LogP contribution in [0.5, 0.6) is 5.75 Å². The van der Waals surface area contributed by atoms with Crippen molar-refractivity contribution in [2.75, 3.05) is 7.11 Å². The van der Waals surface area contributed by atoms with E-state index in [2.05, 4.69) is 5.32 Å². The van der Waals surface area contributed by atoms with Crippen molar-refractivity contribution in [2.45, 2.75) is 19.6 Å². The zero-order valence-corrected chi connectivity index (χ0v) is 16.5. The molecule has 0 saturated heterocycles. The van der Waals surface area contributed by atoms with Gasteiger partial charge in [-0.25, -0.2) is 4.79 Å². The third-order valence-corrected chi connectivity index (χ3v) is 5.20. The summed E-state index contributed by atoms with van der Waals surface area (Å²) in [7, 11) is 1.60. The van der Waals surface area contributed by atoms with E-state index in [1.807, 2.05) is 53.9 Å². The molecule has 0 unspecified atom stereocenters. The van der Waals surface area contributed by atoms with Crippen LogP contribution in [0.15, 0.2) is 60.0 Å². The molecule has 0 saturated carbocycles. The van der Waals surface area contributed by atoms with Gasteiger partial charge in [0.1, 0.15) is 18.4 Å². The summed E-state index contributed by atoms with van der Waals surface area (Å²) in [5.74, 6) is -0.0842. The van der Waals surface area contributed by atoms with Crippen LogP contribution in [-0.2, 0) is 20.9 Å². The summed E-state index contributed by atoms with van der Waals surface area (Å²) in [4.78, 5) is 24.2. The van der Waals surface area contributed by atoms with Crippen molar-refractivity contribution in [1.82, 2.24) is 5.32 Å². The number of methoxy groups -OCH3 is 1. The minimum Gasteiger partial charge on any atom is -0.497 e. The first-order valence-corrected chi connectivity index (χ1v) is 9.69. The highest BCUT2D eigenvalue weighted by atomic mass is 32.1. The van der Waals surface area contributed by atoms with Crippen LogP contribution in [0, 0.1) is 0 Å². The van der Waals surface area contributed by atoms with Gasteiger partial charge in [-0.3, -0.25) is 4.79 Å². The molecule has 144 valence electrons. The minimum absolute atomic E-state index is 0.185. The Morgan fingerprint density at radius 3 is 2.64 bits per heavy atom. The largest absolute Gasteiger partial charge is 0.497 e. The van der Waals surface area contributed by atoms with Crippen molar-refractivity contribution < 1.29 is 19.1 Å². The summed E-state index contributed by atoms with van der Waals surface area (Å²) < 4.78 is 11.6. The number of esters is 1. The maximum absolute atomic E-state index is 12.2. The molecule has 3 aromatic rings.